The van der Waals surface area contributed by atoms with Crippen LogP contribution < -0.4 is 5.32 Å². The van der Waals surface area contributed by atoms with Crippen LogP contribution in [0.5, 0.6) is 0 Å². The van der Waals surface area contributed by atoms with E-state index in [0.29, 0.717) is 18.8 Å². The van der Waals surface area contributed by atoms with E-state index in [1.54, 1.807) is 0 Å². The van der Waals surface area contributed by atoms with Gasteiger partial charge in [-0.25, -0.2) is 4.79 Å². The SMILES string of the molecule is O=C(O)CCCC1CN(C(=O)C2CCC(NC(=O)OCC3c4ccccc4-c4ccccc43)C2)C1. The van der Waals surface area contributed by atoms with Gasteiger partial charge in [0, 0.05) is 37.4 Å². The van der Waals surface area contributed by atoms with Crippen LogP contribution in [0.15, 0.2) is 48.5 Å². The van der Waals surface area contributed by atoms with E-state index in [1.165, 1.54) is 22.3 Å². The van der Waals surface area contributed by atoms with Gasteiger partial charge in [-0.2, -0.15) is 0 Å². The highest BCUT2D eigenvalue weighted by molar-refractivity contribution is 5.80. The molecular formula is C28H32N2O5. The maximum atomic E-state index is 12.8. The highest BCUT2D eigenvalue weighted by Gasteiger charge is 2.38. The number of ether oxygens (including phenoxy) is 1. The molecule has 1 aliphatic heterocycles. The molecule has 7 nitrogen and oxygen atoms in total. The Bertz CT molecular complexity index is 1060. The zero-order valence-corrected chi connectivity index (χ0v) is 19.8. The number of alkyl carbamates (subject to hydrolysis) is 1. The van der Waals surface area contributed by atoms with Crippen molar-refractivity contribution in [2.45, 2.75) is 50.5 Å². The molecule has 2 unspecified atom stereocenters. The molecule has 1 saturated heterocycles. The number of carbonyl (C=O) groups excluding carboxylic acids is 2. The molecule has 35 heavy (non-hydrogen) atoms. The van der Waals surface area contributed by atoms with E-state index in [4.69, 9.17) is 9.84 Å². The molecule has 1 saturated carbocycles. The van der Waals surface area contributed by atoms with Crippen LogP contribution >= 0.6 is 0 Å². The van der Waals surface area contributed by atoms with E-state index in [0.717, 1.165) is 32.4 Å². The molecule has 2 aromatic carbocycles. The Kier molecular flexibility index (Phi) is 6.75. The van der Waals surface area contributed by atoms with Gasteiger partial charge in [-0.3, -0.25) is 9.59 Å². The van der Waals surface area contributed by atoms with Crippen LogP contribution in [-0.4, -0.2) is 53.7 Å². The summed E-state index contributed by atoms with van der Waals surface area (Å²) in [7, 11) is 0. The summed E-state index contributed by atoms with van der Waals surface area (Å²) in [5, 5.41) is 11.7. The fraction of sp³-hybridized carbons (Fsp3) is 0.464. The third-order valence-electron chi connectivity index (χ3n) is 7.72. The van der Waals surface area contributed by atoms with Crippen molar-refractivity contribution in [1.29, 1.82) is 0 Å². The first-order valence-corrected chi connectivity index (χ1v) is 12.6. The van der Waals surface area contributed by atoms with Crippen LogP contribution in [0.2, 0.25) is 0 Å². The minimum absolute atomic E-state index is 0.0286. The first-order valence-electron chi connectivity index (χ1n) is 12.6. The molecule has 5 rings (SSSR count). The molecule has 3 aliphatic rings. The molecule has 7 heteroatoms. The number of carboxylic acids is 1. The topological polar surface area (TPSA) is 95.9 Å². The molecule has 0 bridgehead atoms. The van der Waals surface area contributed by atoms with Crippen LogP contribution in [0.1, 0.15) is 55.6 Å². The van der Waals surface area contributed by atoms with Crippen LogP contribution in [0, 0.1) is 11.8 Å². The fourth-order valence-corrected chi connectivity index (χ4v) is 5.88. The third-order valence-corrected chi connectivity index (χ3v) is 7.72. The molecule has 2 N–H and O–H groups in total. The minimum Gasteiger partial charge on any atom is -0.481 e. The Morgan fingerprint density at radius 3 is 2.29 bits per heavy atom. The summed E-state index contributed by atoms with van der Waals surface area (Å²) >= 11 is 0. The number of carbonyl (C=O) groups is 3. The van der Waals surface area contributed by atoms with Crippen molar-refractivity contribution in [3.63, 3.8) is 0 Å². The van der Waals surface area contributed by atoms with Crippen molar-refractivity contribution in [2.24, 2.45) is 11.8 Å². The molecule has 2 amide bonds. The molecule has 2 fully saturated rings. The number of carboxylic acid groups (broad SMARTS) is 1. The summed E-state index contributed by atoms with van der Waals surface area (Å²) in [6, 6.07) is 16.5. The van der Waals surface area contributed by atoms with Crippen LogP contribution in [-0.2, 0) is 14.3 Å². The van der Waals surface area contributed by atoms with Crippen molar-refractivity contribution in [2.75, 3.05) is 19.7 Å². The first-order chi connectivity index (χ1) is 17.0. The van der Waals surface area contributed by atoms with Gasteiger partial charge in [0.15, 0.2) is 0 Å². The van der Waals surface area contributed by atoms with Gasteiger partial charge in [0.25, 0.3) is 0 Å². The van der Waals surface area contributed by atoms with E-state index in [9.17, 15) is 14.4 Å². The molecular weight excluding hydrogens is 444 g/mol. The Balaban J connectivity index is 1.07. The van der Waals surface area contributed by atoms with Crippen LogP contribution in [0.4, 0.5) is 4.79 Å². The lowest BCUT2D eigenvalue weighted by Gasteiger charge is -2.40. The average molecular weight is 477 g/mol. The summed E-state index contributed by atoms with van der Waals surface area (Å²) < 4.78 is 5.66. The van der Waals surface area contributed by atoms with Gasteiger partial charge in [0.1, 0.15) is 6.61 Å². The maximum Gasteiger partial charge on any atom is 0.407 e. The predicted octanol–water partition coefficient (Wildman–Crippen LogP) is 4.41. The number of aliphatic carboxylic acids is 1. The molecule has 0 radical (unpaired) electrons. The largest absolute Gasteiger partial charge is 0.481 e. The number of nitrogens with one attached hydrogen (secondary N) is 1. The third kappa shape index (κ3) is 5.04. The van der Waals surface area contributed by atoms with Crippen molar-refractivity contribution >= 4 is 18.0 Å². The number of fused-ring (bicyclic) bond motifs is 3. The Hall–Kier alpha value is -3.35. The molecule has 1 heterocycles. The summed E-state index contributed by atoms with van der Waals surface area (Å²) in [5.41, 5.74) is 4.77. The number of amides is 2. The van der Waals surface area contributed by atoms with Crippen molar-refractivity contribution < 1.29 is 24.2 Å². The number of hydrogen-bond donors (Lipinski definition) is 2. The Labute approximate surface area is 205 Å². The number of nitrogens with zero attached hydrogens (tertiary/aromatic N) is 1. The predicted molar refractivity (Wildman–Crippen MR) is 131 cm³/mol. The monoisotopic (exact) mass is 476 g/mol. The van der Waals surface area contributed by atoms with Crippen molar-refractivity contribution in [3.8, 4) is 11.1 Å². The van der Waals surface area contributed by atoms with E-state index in [-0.39, 0.29) is 36.8 Å². The second-order valence-electron chi connectivity index (χ2n) is 10.1. The Morgan fingerprint density at radius 2 is 1.63 bits per heavy atom. The molecule has 184 valence electrons. The van der Waals surface area contributed by atoms with E-state index < -0.39 is 12.1 Å². The lowest BCUT2D eigenvalue weighted by molar-refractivity contribution is -0.142. The fourth-order valence-electron chi connectivity index (χ4n) is 5.88. The number of benzene rings is 2. The van der Waals surface area contributed by atoms with Crippen LogP contribution in [0.25, 0.3) is 11.1 Å². The molecule has 2 aliphatic carbocycles. The highest BCUT2D eigenvalue weighted by atomic mass is 16.5. The van der Waals surface area contributed by atoms with Gasteiger partial charge in [-0.15, -0.1) is 0 Å². The van der Waals surface area contributed by atoms with Gasteiger partial charge < -0.3 is 20.1 Å². The summed E-state index contributed by atoms with van der Waals surface area (Å²) in [5.74, 6) is -0.223. The maximum absolute atomic E-state index is 12.8. The quantitative estimate of drug-likeness (QED) is 0.589. The van der Waals surface area contributed by atoms with E-state index in [1.807, 2.05) is 29.2 Å². The van der Waals surface area contributed by atoms with Gasteiger partial charge in [-0.1, -0.05) is 48.5 Å². The lowest BCUT2D eigenvalue weighted by Crippen LogP contribution is -2.51. The van der Waals surface area contributed by atoms with Crippen molar-refractivity contribution in [1.82, 2.24) is 10.2 Å². The molecule has 2 aromatic rings. The summed E-state index contributed by atoms with van der Waals surface area (Å²) in [6.45, 7) is 1.73. The number of hydrogen-bond acceptors (Lipinski definition) is 4. The minimum atomic E-state index is -0.766. The van der Waals surface area contributed by atoms with Gasteiger partial charge >= 0.3 is 12.1 Å². The molecule has 2 atom stereocenters. The highest BCUT2D eigenvalue weighted by Crippen LogP contribution is 2.44. The first kappa shape index (κ1) is 23.4. The zero-order valence-electron chi connectivity index (χ0n) is 19.8. The lowest BCUT2D eigenvalue weighted by atomic mass is 9.92. The average Bonchev–Trinajstić information content (AvgIpc) is 3.41. The molecule has 0 aromatic heterocycles. The Morgan fingerprint density at radius 1 is 0.971 bits per heavy atom. The van der Waals surface area contributed by atoms with Gasteiger partial charge in [0.05, 0.1) is 0 Å². The second-order valence-corrected chi connectivity index (χ2v) is 10.1. The van der Waals surface area contributed by atoms with Gasteiger partial charge in [0.2, 0.25) is 5.91 Å². The summed E-state index contributed by atoms with van der Waals surface area (Å²) in [6.07, 6.45) is 3.47. The zero-order chi connectivity index (χ0) is 24.4. The van der Waals surface area contributed by atoms with Gasteiger partial charge in [-0.05, 0) is 60.3 Å². The number of rotatable bonds is 8. The second kappa shape index (κ2) is 10.1. The molecule has 0 spiro atoms. The smallest absolute Gasteiger partial charge is 0.407 e. The van der Waals surface area contributed by atoms with Crippen molar-refractivity contribution in [3.05, 3.63) is 59.7 Å². The van der Waals surface area contributed by atoms with E-state index in [2.05, 4.69) is 29.6 Å². The standard InChI is InChI=1S/C28H32N2O5/c31-26(32)11-5-6-18-15-30(16-18)27(33)19-12-13-20(14-19)29-28(34)35-17-25-23-9-3-1-7-21(23)22-8-2-4-10-24(22)25/h1-4,7-10,18-20,25H,5-6,11-17H2,(H,29,34)(H,31,32). The summed E-state index contributed by atoms with van der Waals surface area (Å²) in [4.78, 5) is 37.9. The number of likely N-dealkylation sites (tertiary alicyclic amines) is 1. The normalized spacial score (nSPS) is 21.2. The van der Waals surface area contributed by atoms with E-state index >= 15 is 0 Å². The van der Waals surface area contributed by atoms with Crippen LogP contribution in [0.3, 0.4) is 0 Å².